The summed E-state index contributed by atoms with van der Waals surface area (Å²) >= 11 is 0. The van der Waals surface area contributed by atoms with Gasteiger partial charge in [0.25, 0.3) is 0 Å². The molecule has 4 heteroatoms. The first-order chi connectivity index (χ1) is 1.41. The van der Waals surface area contributed by atoms with E-state index in [1.807, 2.05) is 0 Å². The van der Waals surface area contributed by atoms with Crippen LogP contribution in [0.1, 0.15) is 0 Å². The molecule has 24 valence electrons. The topological polar surface area (TPSA) is 40.5 Å². The predicted molar refractivity (Wildman–Crippen MR) is 21.5 cm³/mol. The Bertz CT molecular complexity index is 4.00. The lowest BCUT2D eigenvalue weighted by Gasteiger charge is -1.48. The first-order valence-corrected chi connectivity index (χ1v) is 0.632. The van der Waals surface area contributed by atoms with Gasteiger partial charge in [0.05, 0.1) is 8.41 Å². The molecule has 0 saturated heterocycles. The third-order valence-corrected chi connectivity index (χ3v) is 0. The van der Waals surface area contributed by atoms with Crippen molar-refractivity contribution in [3.05, 3.63) is 0 Å². The summed E-state index contributed by atoms with van der Waals surface area (Å²) in [5, 5.41) is 14.2. The minimum absolute atomic E-state index is 0. The van der Waals surface area contributed by atoms with E-state index in [-0.39, 0.29) is 8.41 Å². The van der Waals surface area contributed by atoms with Gasteiger partial charge in [-0.3, -0.25) is 0 Å². The molecule has 0 spiro atoms. The normalized spacial score (nSPS) is 3.50. The Hall–Kier alpha value is 0.0499. The molecular weight excluding hydrogens is 53.6 g/mol. The van der Waals surface area contributed by atoms with Crippen LogP contribution in [0.25, 0.3) is 0 Å². The van der Waals surface area contributed by atoms with Gasteiger partial charge < -0.3 is 10.0 Å². The van der Waals surface area contributed by atoms with Gasteiger partial charge in [-0.25, -0.2) is 0 Å². The molecule has 4 heavy (non-hydrogen) atoms. The largest absolute Gasteiger partial charge is 0.432 e. The molecule has 0 saturated carbocycles. The molecule has 0 aromatic carbocycles. The van der Waals surface area contributed by atoms with Gasteiger partial charge >= 0.3 is 7.69 Å². The lowest BCUT2D eigenvalue weighted by molar-refractivity contribution is 0.448. The minimum atomic E-state index is -0.750. The second-order valence-electron chi connectivity index (χ2n) is 0.141. The van der Waals surface area contributed by atoms with Crippen LogP contribution in [-0.4, -0.2) is 26.1 Å². The summed E-state index contributed by atoms with van der Waals surface area (Å²) in [6.45, 7) is 0. The highest BCUT2D eigenvalue weighted by atomic mass is 16.4. The lowest BCUT2D eigenvalue weighted by atomic mass is 10.5. The molecule has 0 unspecified atom stereocenters. The van der Waals surface area contributed by atoms with Crippen LogP contribution in [0.2, 0.25) is 0 Å². The van der Waals surface area contributed by atoms with Gasteiger partial charge in [-0.15, -0.1) is 0 Å². The molecular formula is H6B2O2. The van der Waals surface area contributed by atoms with Gasteiger partial charge in [-0.05, 0) is 0 Å². The fourth-order valence-electron chi connectivity index (χ4n) is 0. The van der Waals surface area contributed by atoms with E-state index in [1.54, 1.807) is 0 Å². The van der Waals surface area contributed by atoms with E-state index in [0.717, 1.165) is 0 Å². The Balaban J connectivity index is 0. The molecule has 0 heterocycles. The first-order valence-electron chi connectivity index (χ1n) is 0.632. The third-order valence-electron chi connectivity index (χ3n) is 0. The Morgan fingerprint density at radius 3 is 1.25 bits per heavy atom. The van der Waals surface area contributed by atoms with Gasteiger partial charge in [0.15, 0.2) is 0 Å². The second kappa shape index (κ2) is 11.6. The number of rotatable bonds is 0. The van der Waals surface area contributed by atoms with E-state index in [0.29, 0.717) is 0 Å². The number of hydrogen-bond donors (Lipinski definition) is 2. The molecule has 0 fully saturated rings. The van der Waals surface area contributed by atoms with Crippen LogP contribution in [0, 0.1) is 0 Å². The Labute approximate surface area is 27.3 Å². The maximum absolute atomic E-state index is 7.12. The van der Waals surface area contributed by atoms with E-state index in [1.165, 1.54) is 0 Å². The van der Waals surface area contributed by atoms with Gasteiger partial charge in [0, 0.05) is 0 Å². The standard InChI is InChI=1S/BH3O2.BH3/c2-1-3;/h1-3H;1H3. The highest BCUT2D eigenvalue weighted by Crippen LogP contribution is 1.08. The van der Waals surface area contributed by atoms with Crippen molar-refractivity contribution in [3.8, 4) is 0 Å². The average molecular weight is 59.7 g/mol. The molecule has 2 nitrogen and oxygen atoms in total. The quantitative estimate of drug-likeness (QED) is 0.293. The van der Waals surface area contributed by atoms with E-state index in [4.69, 9.17) is 10.0 Å². The zero-order chi connectivity index (χ0) is 2.71. The SMILES string of the molecule is B.OBO. The van der Waals surface area contributed by atoms with Crippen molar-refractivity contribution in [3.63, 3.8) is 0 Å². The van der Waals surface area contributed by atoms with Crippen LogP contribution < -0.4 is 0 Å². The zero-order valence-corrected chi connectivity index (χ0v) is 1.60. The molecule has 0 radical (unpaired) electrons. The molecule has 2 N–H and O–H groups in total. The Morgan fingerprint density at radius 1 is 1.25 bits per heavy atom. The van der Waals surface area contributed by atoms with Crippen LogP contribution in [0.15, 0.2) is 0 Å². The molecule has 0 aliphatic carbocycles. The minimum Gasteiger partial charge on any atom is -0.430 e. The summed E-state index contributed by atoms with van der Waals surface area (Å²) in [6, 6.07) is 0. The molecule has 0 bridgehead atoms. The highest BCUT2D eigenvalue weighted by Gasteiger charge is 1.48. The van der Waals surface area contributed by atoms with Crippen molar-refractivity contribution in [2.75, 3.05) is 0 Å². The van der Waals surface area contributed by atoms with E-state index in [2.05, 4.69) is 0 Å². The maximum Gasteiger partial charge on any atom is 0.432 e. The Kier molecular flexibility index (Phi) is 26.1. The van der Waals surface area contributed by atoms with Gasteiger partial charge in [-0.2, -0.15) is 0 Å². The third kappa shape index (κ3) is 908. The zero-order valence-electron chi connectivity index (χ0n) is 1.60. The van der Waals surface area contributed by atoms with Crippen molar-refractivity contribution in [2.24, 2.45) is 0 Å². The molecule has 0 aliphatic rings. The van der Waals surface area contributed by atoms with Crippen molar-refractivity contribution in [1.29, 1.82) is 0 Å². The molecule has 0 aromatic heterocycles. The van der Waals surface area contributed by atoms with E-state index in [9.17, 15) is 0 Å². The van der Waals surface area contributed by atoms with Crippen LogP contribution in [0.4, 0.5) is 0 Å². The van der Waals surface area contributed by atoms with Gasteiger partial charge in [-0.1, -0.05) is 0 Å². The fraction of sp³-hybridized carbons (Fsp3) is 0. The number of hydrogen-bond acceptors (Lipinski definition) is 2. The summed E-state index contributed by atoms with van der Waals surface area (Å²) in [4.78, 5) is 0. The van der Waals surface area contributed by atoms with Crippen LogP contribution in [0.5, 0.6) is 0 Å². The average Bonchev–Trinajstić information content (AvgIpc) is 0.918. The first kappa shape index (κ1) is 8.97. The summed E-state index contributed by atoms with van der Waals surface area (Å²) in [6.07, 6.45) is 0. The molecule has 0 aliphatic heterocycles. The molecule has 0 atom stereocenters. The van der Waals surface area contributed by atoms with Gasteiger partial charge in [0.1, 0.15) is 0 Å². The fourth-order valence-corrected chi connectivity index (χ4v) is 0. The summed E-state index contributed by atoms with van der Waals surface area (Å²) in [5.41, 5.74) is 0. The van der Waals surface area contributed by atoms with Crippen molar-refractivity contribution >= 4 is 16.1 Å². The van der Waals surface area contributed by atoms with Crippen molar-refractivity contribution in [2.45, 2.75) is 0 Å². The monoisotopic (exact) mass is 60.1 g/mol. The summed E-state index contributed by atoms with van der Waals surface area (Å²) < 4.78 is 0. The van der Waals surface area contributed by atoms with Crippen molar-refractivity contribution in [1.82, 2.24) is 0 Å². The smallest absolute Gasteiger partial charge is 0.430 e. The molecule has 0 aromatic rings. The maximum atomic E-state index is 7.12. The van der Waals surface area contributed by atoms with Gasteiger partial charge in [0.2, 0.25) is 0 Å². The van der Waals surface area contributed by atoms with Crippen LogP contribution in [-0.2, 0) is 0 Å². The highest BCUT2D eigenvalue weighted by molar-refractivity contribution is 6.13. The van der Waals surface area contributed by atoms with Crippen molar-refractivity contribution < 1.29 is 10.0 Å². The second-order valence-corrected chi connectivity index (χ2v) is 0.141. The van der Waals surface area contributed by atoms with Crippen LogP contribution in [0.3, 0.4) is 0 Å². The lowest BCUT2D eigenvalue weighted by Crippen LogP contribution is -1.75. The van der Waals surface area contributed by atoms with E-state index < -0.39 is 7.69 Å². The summed E-state index contributed by atoms with van der Waals surface area (Å²) in [7, 11) is -0.750. The molecule has 0 rings (SSSR count). The Morgan fingerprint density at radius 2 is 1.25 bits per heavy atom. The molecule has 0 amide bonds. The predicted octanol–water partition coefficient (Wildman–Crippen LogP) is -2.95. The van der Waals surface area contributed by atoms with E-state index >= 15 is 0 Å². The summed E-state index contributed by atoms with van der Waals surface area (Å²) in [5.74, 6) is 0. The van der Waals surface area contributed by atoms with Crippen LogP contribution >= 0.6 is 0 Å².